The standard InChI is InChI=1S/C23H21N7O2.C17H17N5O.C5H6N2.2CH4/c31-22(26-18-3-1-9-24-11-18)25-17-7-5-16(6-8-17)20-27-21(19-4-2-10-30(19)28-20)29-12-23(13-29)14-32-15-23;18-13-5-3-12(4-6-13)15-19-16(14-2-1-7-22(14)20-15)21-8-17(9-21)10-23-11-17;6-5-2-1-3-7-4-5;;/h1-11H,12-15H2,(H2,25,26,31);1-7H,8-11,18H2;1-4H,6H2;2*1H4. The molecule has 4 aliphatic rings. The van der Waals surface area contributed by atoms with Crippen molar-refractivity contribution < 1.29 is 14.3 Å². The highest BCUT2D eigenvalue weighted by Gasteiger charge is 2.51. The molecule has 2 aromatic carbocycles. The number of carbonyl (C=O) groups excluding carboxylic acids is 1. The second kappa shape index (κ2) is 18.0. The van der Waals surface area contributed by atoms with Gasteiger partial charge in [0.05, 0.1) is 54.8 Å². The average Bonchev–Trinajstić information content (AvgIpc) is 3.91. The van der Waals surface area contributed by atoms with Crippen molar-refractivity contribution in [3.63, 3.8) is 0 Å². The van der Waals surface area contributed by atoms with Crippen molar-refractivity contribution in [1.29, 1.82) is 0 Å². The van der Waals surface area contributed by atoms with Gasteiger partial charge in [0.15, 0.2) is 23.3 Å². The maximum Gasteiger partial charge on any atom is 0.323 e. The maximum atomic E-state index is 12.2. The Morgan fingerprint density at radius 3 is 1.47 bits per heavy atom. The van der Waals surface area contributed by atoms with Crippen molar-refractivity contribution in [2.75, 3.05) is 84.5 Å². The summed E-state index contributed by atoms with van der Waals surface area (Å²) in [5, 5.41) is 14.9. The van der Waals surface area contributed by atoms with Gasteiger partial charge in [-0.15, -0.1) is 10.2 Å². The number of ether oxygens (including phenoxy) is 2. The second-order valence-electron chi connectivity index (χ2n) is 16.2. The second-order valence-corrected chi connectivity index (χ2v) is 16.2. The van der Waals surface area contributed by atoms with E-state index < -0.39 is 0 Å². The van der Waals surface area contributed by atoms with Gasteiger partial charge in [-0.2, -0.15) is 0 Å². The number of anilines is 6. The molecule has 4 fully saturated rings. The molecule has 10 heterocycles. The molecule has 17 nitrogen and oxygen atoms in total. The van der Waals surface area contributed by atoms with Crippen molar-refractivity contribution >= 4 is 51.4 Å². The van der Waals surface area contributed by atoms with Crippen molar-refractivity contribution in [1.82, 2.24) is 39.2 Å². The summed E-state index contributed by atoms with van der Waals surface area (Å²) in [7, 11) is 0. The molecule has 17 heteroatoms. The van der Waals surface area contributed by atoms with Crippen LogP contribution >= 0.6 is 0 Å². The van der Waals surface area contributed by atoms with Crippen LogP contribution in [0.1, 0.15) is 14.9 Å². The molecule has 0 radical (unpaired) electrons. The van der Waals surface area contributed by atoms with Crippen LogP contribution < -0.4 is 31.9 Å². The average molecular weight is 861 g/mol. The van der Waals surface area contributed by atoms with Gasteiger partial charge in [-0.05, 0) is 97.1 Å². The number of nitrogens with zero attached hydrogens (tertiary/aromatic N) is 10. The van der Waals surface area contributed by atoms with E-state index in [1.54, 1.807) is 49.1 Å². The predicted octanol–water partition coefficient (Wildman–Crippen LogP) is 7.02. The lowest BCUT2D eigenvalue weighted by Gasteiger charge is -2.55. The first kappa shape index (κ1) is 43.0. The zero-order valence-electron chi connectivity index (χ0n) is 33.7. The van der Waals surface area contributed by atoms with E-state index in [9.17, 15) is 4.79 Å². The maximum absolute atomic E-state index is 12.2. The van der Waals surface area contributed by atoms with Crippen LogP contribution in [0, 0.1) is 10.8 Å². The van der Waals surface area contributed by atoms with Gasteiger partial charge in [0.1, 0.15) is 11.0 Å². The molecule has 2 spiro atoms. The van der Waals surface area contributed by atoms with Crippen molar-refractivity contribution in [2.45, 2.75) is 14.9 Å². The van der Waals surface area contributed by atoms with Gasteiger partial charge in [0.25, 0.3) is 0 Å². The Balaban J connectivity index is 0.000000153. The highest BCUT2D eigenvalue weighted by atomic mass is 16.5. The lowest BCUT2D eigenvalue weighted by molar-refractivity contribution is -0.127. The summed E-state index contributed by atoms with van der Waals surface area (Å²) in [6.45, 7) is 7.34. The number of benzene rings is 2. The van der Waals surface area contributed by atoms with E-state index in [0.29, 0.717) is 33.7 Å². The van der Waals surface area contributed by atoms with Crippen LogP contribution in [-0.2, 0) is 9.47 Å². The zero-order chi connectivity index (χ0) is 42.1. The molecule has 0 saturated carbocycles. The van der Waals surface area contributed by atoms with E-state index in [0.717, 1.165) is 97.9 Å². The molecule has 0 atom stereocenters. The Hall–Kier alpha value is -7.63. The number of amides is 2. The summed E-state index contributed by atoms with van der Waals surface area (Å²) in [5.74, 6) is 3.29. The van der Waals surface area contributed by atoms with Crippen LogP contribution in [0.5, 0.6) is 0 Å². The number of pyridine rings is 2. The summed E-state index contributed by atoms with van der Waals surface area (Å²) >= 11 is 0. The van der Waals surface area contributed by atoms with Crippen molar-refractivity contribution in [3.05, 3.63) is 134 Å². The zero-order valence-corrected chi connectivity index (χ0v) is 33.7. The van der Waals surface area contributed by atoms with Crippen LogP contribution in [0.4, 0.5) is 39.2 Å². The first-order valence-electron chi connectivity index (χ1n) is 20.3. The molecule has 6 aromatic heterocycles. The molecule has 0 unspecified atom stereocenters. The summed E-state index contributed by atoms with van der Waals surface area (Å²) in [6, 6.07) is 30.1. The van der Waals surface area contributed by atoms with Gasteiger partial charge < -0.3 is 41.4 Å². The Morgan fingerprint density at radius 1 is 0.562 bits per heavy atom. The van der Waals surface area contributed by atoms with Crippen LogP contribution in [0.15, 0.2) is 134 Å². The van der Waals surface area contributed by atoms with Gasteiger partial charge >= 0.3 is 6.03 Å². The molecule has 2 amide bonds. The molecule has 328 valence electrons. The number of nitrogens with one attached hydrogen (secondary N) is 2. The molecule has 12 rings (SSSR count). The summed E-state index contributed by atoms with van der Waals surface area (Å²) in [4.78, 5) is 34.3. The van der Waals surface area contributed by atoms with Gasteiger partial charge in [-0.1, -0.05) is 14.9 Å². The van der Waals surface area contributed by atoms with E-state index in [1.165, 1.54) is 0 Å². The smallest absolute Gasteiger partial charge is 0.323 e. The third kappa shape index (κ3) is 8.84. The summed E-state index contributed by atoms with van der Waals surface area (Å²) in [6.07, 6.45) is 10.4. The largest absolute Gasteiger partial charge is 0.399 e. The number of hydrogen-bond acceptors (Lipinski definition) is 13. The Morgan fingerprint density at radius 2 is 1.05 bits per heavy atom. The third-order valence-electron chi connectivity index (χ3n) is 11.3. The van der Waals surface area contributed by atoms with Crippen LogP contribution in [0.25, 0.3) is 33.8 Å². The molecule has 0 bridgehead atoms. The molecule has 4 aliphatic heterocycles. The summed E-state index contributed by atoms with van der Waals surface area (Å²) < 4.78 is 14.5. The van der Waals surface area contributed by atoms with Gasteiger partial charge in [0.2, 0.25) is 0 Å². The topological polar surface area (TPSA) is 204 Å². The fourth-order valence-corrected chi connectivity index (χ4v) is 7.96. The third-order valence-corrected chi connectivity index (χ3v) is 11.3. The number of urea groups is 1. The minimum Gasteiger partial charge on any atom is -0.399 e. The SMILES string of the molecule is C.C.Nc1ccc(-c2nc(N3CC4(COC4)C3)c3cccn3n2)cc1.Nc1cccnc1.O=C(Nc1ccc(-c2nc(N3CC4(COC4)C3)c3cccn3n2)cc1)Nc1cccnc1. The predicted molar refractivity (Wildman–Crippen MR) is 251 cm³/mol. The highest BCUT2D eigenvalue weighted by molar-refractivity contribution is 5.99. The van der Waals surface area contributed by atoms with Crippen molar-refractivity contribution in [2.24, 2.45) is 10.8 Å². The number of hydrogen-bond donors (Lipinski definition) is 4. The van der Waals surface area contributed by atoms with E-state index >= 15 is 0 Å². The quantitative estimate of drug-likeness (QED) is 0.124. The minimum atomic E-state index is -0.329. The number of rotatable bonds is 6. The van der Waals surface area contributed by atoms with Crippen LogP contribution in [-0.4, -0.2) is 97.8 Å². The number of carbonyl (C=O) groups is 1. The normalized spacial score (nSPS) is 15.9. The lowest BCUT2D eigenvalue weighted by Crippen LogP contribution is -2.66. The number of nitrogen functional groups attached to an aromatic ring is 2. The first-order chi connectivity index (χ1) is 30.3. The Bertz CT molecular complexity index is 2810. The molecule has 4 saturated heterocycles. The van der Waals surface area contributed by atoms with E-state index in [2.05, 4.69) is 46.7 Å². The van der Waals surface area contributed by atoms with E-state index in [1.807, 2.05) is 88.2 Å². The van der Waals surface area contributed by atoms with Gasteiger partial charge in [-0.3, -0.25) is 9.97 Å². The monoisotopic (exact) mass is 860 g/mol. The van der Waals surface area contributed by atoms with Crippen LogP contribution in [0.3, 0.4) is 0 Å². The molecular weight excluding hydrogens is 809 g/mol. The molecule has 64 heavy (non-hydrogen) atoms. The van der Waals surface area contributed by atoms with Crippen molar-refractivity contribution in [3.8, 4) is 22.8 Å². The number of fused-ring (bicyclic) bond motifs is 2. The molecule has 6 N–H and O–H groups in total. The van der Waals surface area contributed by atoms with E-state index in [4.69, 9.17) is 30.9 Å². The van der Waals surface area contributed by atoms with Gasteiger partial charge in [-0.25, -0.2) is 23.8 Å². The highest BCUT2D eigenvalue weighted by Crippen LogP contribution is 2.42. The summed E-state index contributed by atoms with van der Waals surface area (Å²) in [5.41, 5.74) is 18.4. The van der Waals surface area contributed by atoms with Gasteiger partial charge in [0, 0.05) is 79.7 Å². The first-order valence-corrected chi connectivity index (χ1v) is 20.3. The van der Waals surface area contributed by atoms with Crippen LogP contribution in [0.2, 0.25) is 0 Å². The molecule has 8 aromatic rings. The fourth-order valence-electron chi connectivity index (χ4n) is 7.96. The molecule has 0 aliphatic carbocycles. The minimum absolute atomic E-state index is 0. The molecular formula is C47H52N14O3. The fraction of sp³-hybridized carbons (Fsp3) is 0.255. The number of aromatic nitrogens is 8. The lowest BCUT2D eigenvalue weighted by atomic mass is 9.78. The van der Waals surface area contributed by atoms with E-state index in [-0.39, 0.29) is 20.9 Å². The Kier molecular flexibility index (Phi) is 12.1. The Labute approximate surface area is 371 Å². The number of nitrogens with two attached hydrogens (primary N) is 2.